The standard InChI is InChI=1S/C15H18/c1-4-12-9-14(11(2)3)10-15(12)13-7-5-6-8-13/h5-7,9-10H,4,8H2,1-3H3. The summed E-state index contributed by atoms with van der Waals surface area (Å²) in [5.41, 5.74) is 7.22. The Morgan fingerprint density at radius 1 is 1.27 bits per heavy atom. The van der Waals surface area contributed by atoms with Gasteiger partial charge >= 0.3 is 0 Å². The second kappa shape index (κ2) is 4.06. The van der Waals surface area contributed by atoms with Gasteiger partial charge in [0, 0.05) is 0 Å². The van der Waals surface area contributed by atoms with Gasteiger partial charge in [-0.25, -0.2) is 0 Å². The maximum Gasteiger partial charge on any atom is -0.00883 e. The zero-order valence-corrected chi connectivity index (χ0v) is 9.80. The summed E-state index contributed by atoms with van der Waals surface area (Å²) in [4.78, 5) is 0. The maximum atomic E-state index is 2.34. The van der Waals surface area contributed by atoms with Crippen molar-refractivity contribution in [1.29, 1.82) is 0 Å². The average Bonchev–Trinajstić information content (AvgIpc) is 2.86. The summed E-state index contributed by atoms with van der Waals surface area (Å²) in [5, 5.41) is 0. The summed E-state index contributed by atoms with van der Waals surface area (Å²) in [6.07, 6.45) is 13.5. The molecule has 0 unspecified atom stereocenters. The predicted molar refractivity (Wildman–Crippen MR) is 66.7 cm³/mol. The molecule has 0 spiro atoms. The SMILES string of the molecule is CCC1=CC(=C(C)C)C=C1C1=CC=CC1. The fraction of sp³-hybridized carbons (Fsp3) is 0.333. The van der Waals surface area contributed by atoms with Crippen LogP contribution in [-0.4, -0.2) is 0 Å². The number of hydrogen-bond donors (Lipinski definition) is 0. The van der Waals surface area contributed by atoms with Gasteiger partial charge in [0.25, 0.3) is 0 Å². The Morgan fingerprint density at radius 2 is 2.07 bits per heavy atom. The highest BCUT2D eigenvalue weighted by molar-refractivity contribution is 5.62. The van der Waals surface area contributed by atoms with Crippen LogP contribution >= 0.6 is 0 Å². The first-order chi connectivity index (χ1) is 7.22. The molecule has 0 fully saturated rings. The Kier molecular flexibility index (Phi) is 2.77. The van der Waals surface area contributed by atoms with E-state index in [0.29, 0.717) is 0 Å². The van der Waals surface area contributed by atoms with Crippen LogP contribution in [0.2, 0.25) is 0 Å². The lowest BCUT2D eigenvalue weighted by Crippen LogP contribution is -1.87. The van der Waals surface area contributed by atoms with Crippen molar-refractivity contribution in [3.8, 4) is 0 Å². The van der Waals surface area contributed by atoms with E-state index in [2.05, 4.69) is 51.2 Å². The van der Waals surface area contributed by atoms with E-state index in [-0.39, 0.29) is 0 Å². The highest BCUT2D eigenvalue weighted by Crippen LogP contribution is 2.35. The molecule has 0 N–H and O–H groups in total. The molecule has 0 saturated heterocycles. The van der Waals surface area contributed by atoms with Crippen molar-refractivity contribution in [2.45, 2.75) is 33.6 Å². The maximum absolute atomic E-state index is 2.34. The van der Waals surface area contributed by atoms with Crippen molar-refractivity contribution in [3.63, 3.8) is 0 Å². The predicted octanol–water partition coefficient (Wildman–Crippen LogP) is 4.49. The van der Waals surface area contributed by atoms with E-state index in [1.54, 1.807) is 0 Å². The molecule has 0 aromatic carbocycles. The van der Waals surface area contributed by atoms with Crippen LogP contribution in [-0.2, 0) is 0 Å². The third-order valence-electron chi connectivity index (χ3n) is 3.05. The molecule has 0 aliphatic heterocycles. The quantitative estimate of drug-likeness (QED) is 0.613. The van der Waals surface area contributed by atoms with Gasteiger partial charge in [-0.05, 0) is 55.1 Å². The number of allylic oxidation sites excluding steroid dienone is 10. The van der Waals surface area contributed by atoms with Gasteiger partial charge < -0.3 is 0 Å². The van der Waals surface area contributed by atoms with Crippen LogP contribution in [0.3, 0.4) is 0 Å². The smallest absolute Gasteiger partial charge is 0.00883 e. The van der Waals surface area contributed by atoms with Crippen LogP contribution in [0.5, 0.6) is 0 Å². The molecule has 0 saturated carbocycles. The normalized spacial score (nSPS) is 19.1. The molecule has 2 aliphatic carbocycles. The topological polar surface area (TPSA) is 0 Å². The molecule has 0 heterocycles. The van der Waals surface area contributed by atoms with E-state index >= 15 is 0 Å². The van der Waals surface area contributed by atoms with E-state index in [0.717, 1.165) is 12.8 Å². The monoisotopic (exact) mass is 198 g/mol. The van der Waals surface area contributed by atoms with Crippen LogP contribution in [0.4, 0.5) is 0 Å². The van der Waals surface area contributed by atoms with Crippen LogP contribution in [0.15, 0.2) is 58.2 Å². The van der Waals surface area contributed by atoms with Crippen molar-refractivity contribution in [2.75, 3.05) is 0 Å². The summed E-state index contributed by atoms with van der Waals surface area (Å²) in [5.74, 6) is 0. The van der Waals surface area contributed by atoms with E-state index in [9.17, 15) is 0 Å². The lowest BCUT2D eigenvalue weighted by atomic mass is 9.98. The zero-order valence-electron chi connectivity index (χ0n) is 9.80. The van der Waals surface area contributed by atoms with Gasteiger partial charge in [-0.15, -0.1) is 0 Å². The van der Waals surface area contributed by atoms with E-state index < -0.39 is 0 Å². The Hall–Kier alpha value is -1.30. The molecule has 0 radical (unpaired) electrons. The summed E-state index contributed by atoms with van der Waals surface area (Å²) < 4.78 is 0. The van der Waals surface area contributed by atoms with E-state index in [4.69, 9.17) is 0 Å². The van der Waals surface area contributed by atoms with Crippen molar-refractivity contribution in [1.82, 2.24) is 0 Å². The molecule has 0 amide bonds. The van der Waals surface area contributed by atoms with E-state index in [1.807, 2.05) is 0 Å². The van der Waals surface area contributed by atoms with Gasteiger partial charge in [0.15, 0.2) is 0 Å². The summed E-state index contributed by atoms with van der Waals surface area (Å²) in [6.45, 7) is 6.59. The molecule has 15 heavy (non-hydrogen) atoms. The van der Waals surface area contributed by atoms with Gasteiger partial charge in [-0.2, -0.15) is 0 Å². The van der Waals surface area contributed by atoms with Gasteiger partial charge in [-0.3, -0.25) is 0 Å². The Labute approximate surface area is 92.4 Å². The average molecular weight is 198 g/mol. The summed E-state index contributed by atoms with van der Waals surface area (Å²) in [7, 11) is 0. The lowest BCUT2D eigenvalue weighted by molar-refractivity contribution is 1.10. The first-order valence-electron chi connectivity index (χ1n) is 5.68. The van der Waals surface area contributed by atoms with Crippen LogP contribution in [0.25, 0.3) is 0 Å². The molecule has 0 atom stereocenters. The third-order valence-corrected chi connectivity index (χ3v) is 3.05. The largest absolute Gasteiger partial charge is 0.0801 e. The van der Waals surface area contributed by atoms with Crippen molar-refractivity contribution in [3.05, 3.63) is 58.2 Å². The van der Waals surface area contributed by atoms with Gasteiger partial charge in [0.1, 0.15) is 0 Å². The highest BCUT2D eigenvalue weighted by Gasteiger charge is 2.16. The highest BCUT2D eigenvalue weighted by atomic mass is 14.2. The second-order valence-corrected chi connectivity index (χ2v) is 4.36. The minimum atomic E-state index is 1.10. The van der Waals surface area contributed by atoms with Crippen LogP contribution in [0.1, 0.15) is 33.6 Å². The fourth-order valence-electron chi connectivity index (χ4n) is 2.08. The molecule has 2 aliphatic rings. The van der Waals surface area contributed by atoms with Crippen molar-refractivity contribution < 1.29 is 0 Å². The van der Waals surface area contributed by atoms with Crippen LogP contribution < -0.4 is 0 Å². The van der Waals surface area contributed by atoms with Gasteiger partial charge in [0.05, 0.1) is 0 Å². The van der Waals surface area contributed by atoms with Gasteiger partial charge in [-0.1, -0.05) is 36.8 Å². The van der Waals surface area contributed by atoms with Crippen molar-refractivity contribution in [2.24, 2.45) is 0 Å². The molecule has 78 valence electrons. The molecule has 0 nitrogen and oxygen atoms in total. The Bertz CT molecular complexity index is 419. The first-order valence-corrected chi connectivity index (χ1v) is 5.68. The minimum Gasteiger partial charge on any atom is -0.0801 e. The lowest BCUT2D eigenvalue weighted by Gasteiger charge is -2.06. The Balaban J connectivity index is 2.37. The molecule has 0 heteroatoms. The third kappa shape index (κ3) is 1.90. The van der Waals surface area contributed by atoms with Gasteiger partial charge in [0.2, 0.25) is 0 Å². The molecule has 0 aromatic heterocycles. The fourth-order valence-corrected chi connectivity index (χ4v) is 2.08. The summed E-state index contributed by atoms with van der Waals surface area (Å²) >= 11 is 0. The van der Waals surface area contributed by atoms with Crippen LogP contribution in [0, 0.1) is 0 Å². The van der Waals surface area contributed by atoms with E-state index in [1.165, 1.54) is 27.9 Å². The molecule has 0 bridgehead atoms. The molecule has 0 aromatic rings. The minimum absolute atomic E-state index is 1.10. The molecular formula is C15H18. The number of rotatable bonds is 2. The number of hydrogen-bond acceptors (Lipinski definition) is 0. The Morgan fingerprint density at radius 3 is 2.60 bits per heavy atom. The van der Waals surface area contributed by atoms with Crippen molar-refractivity contribution >= 4 is 0 Å². The molecule has 2 rings (SSSR count). The first kappa shape index (κ1) is 10.2. The second-order valence-electron chi connectivity index (χ2n) is 4.36. The molecular weight excluding hydrogens is 180 g/mol. The summed E-state index contributed by atoms with van der Waals surface area (Å²) in [6, 6.07) is 0. The zero-order chi connectivity index (χ0) is 10.8.